The first-order valence-corrected chi connectivity index (χ1v) is 11.3. The van der Waals surface area contributed by atoms with Crippen molar-refractivity contribution in [2.45, 2.75) is 19.6 Å². The monoisotopic (exact) mass is 422 g/mol. The standard InChI is InChI=1S/C29H27NO2/c1-22-12-14-24(15-13-22)16-17-26-23(2)29(25-8-4-3-5-9-25,30-18-20-31-21-19-30)32-28-11-7-6-10-27(26)28/h3-15H,18-21H2,1-2H3/p+1/t29-/m1/s1. The highest BCUT2D eigenvalue weighted by Gasteiger charge is 2.51. The van der Waals surface area contributed by atoms with E-state index in [1.165, 1.54) is 10.5 Å². The zero-order valence-electron chi connectivity index (χ0n) is 18.7. The lowest BCUT2D eigenvalue weighted by atomic mass is 9.84. The molecular formula is C29H28NO2+. The van der Waals surface area contributed by atoms with Gasteiger partial charge in [-0.15, -0.1) is 0 Å². The van der Waals surface area contributed by atoms with E-state index in [4.69, 9.17) is 9.47 Å². The molecule has 0 unspecified atom stereocenters. The molecule has 3 aromatic rings. The summed E-state index contributed by atoms with van der Waals surface area (Å²) in [5.74, 6) is 7.82. The van der Waals surface area contributed by atoms with Crippen molar-refractivity contribution in [1.29, 1.82) is 0 Å². The van der Waals surface area contributed by atoms with Crippen LogP contribution in [0.3, 0.4) is 0 Å². The molecule has 0 saturated carbocycles. The van der Waals surface area contributed by atoms with E-state index in [0.717, 1.165) is 59.9 Å². The van der Waals surface area contributed by atoms with Crippen LogP contribution >= 0.6 is 0 Å². The lowest BCUT2D eigenvalue weighted by molar-refractivity contribution is -0.982. The quantitative estimate of drug-likeness (QED) is 0.632. The van der Waals surface area contributed by atoms with Crippen LogP contribution in [0.15, 0.2) is 84.4 Å². The van der Waals surface area contributed by atoms with Crippen LogP contribution in [-0.2, 0) is 10.5 Å². The molecule has 2 aliphatic heterocycles. The van der Waals surface area contributed by atoms with Crippen molar-refractivity contribution in [3.63, 3.8) is 0 Å². The van der Waals surface area contributed by atoms with Gasteiger partial charge in [-0.25, -0.2) is 0 Å². The second-order valence-corrected chi connectivity index (χ2v) is 8.48. The predicted octanol–water partition coefficient (Wildman–Crippen LogP) is 3.98. The first-order chi connectivity index (χ1) is 15.7. The highest BCUT2D eigenvalue weighted by atomic mass is 16.5. The van der Waals surface area contributed by atoms with E-state index in [-0.39, 0.29) is 0 Å². The molecule has 0 aliphatic carbocycles. The van der Waals surface area contributed by atoms with E-state index in [0.29, 0.717) is 0 Å². The van der Waals surface area contributed by atoms with Gasteiger partial charge >= 0.3 is 0 Å². The first-order valence-electron chi connectivity index (χ1n) is 11.3. The Morgan fingerprint density at radius 3 is 2.22 bits per heavy atom. The molecule has 2 heterocycles. The van der Waals surface area contributed by atoms with E-state index < -0.39 is 5.72 Å². The Morgan fingerprint density at radius 2 is 1.47 bits per heavy atom. The van der Waals surface area contributed by atoms with Gasteiger partial charge in [-0.2, -0.15) is 0 Å². The SMILES string of the molecule is CC1=C(C#Cc2ccc(C)cc2)c2ccccc2O[C@]1(c1ccccc1)[NH+]1CCOCC1. The zero-order valence-corrected chi connectivity index (χ0v) is 18.7. The molecule has 1 saturated heterocycles. The lowest BCUT2D eigenvalue weighted by Crippen LogP contribution is -3.21. The van der Waals surface area contributed by atoms with Crippen molar-refractivity contribution in [2.75, 3.05) is 26.3 Å². The Kier molecular flexibility index (Phi) is 5.57. The van der Waals surface area contributed by atoms with Gasteiger partial charge in [0.2, 0.25) is 0 Å². The van der Waals surface area contributed by atoms with Gasteiger partial charge in [0.25, 0.3) is 5.72 Å². The number of hydrogen-bond acceptors (Lipinski definition) is 2. The Balaban J connectivity index is 1.72. The summed E-state index contributed by atoms with van der Waals surface area (Å²) < 4.78 is 12.6. The summed E-state index contributed by atoms with van der Waals surface area (Å²) >= 11 is 0. The number of quaternary nitrogens is 1. The number of benzene rings is 3. The number of ether oxygens (including phenoxy) is 2. The average molecular weight is 423 g/mol. The third kappa shape index (κ3) is 3.62. The molecule has 2 aliphatic rings. The van der Waals surface area contributed by atoms with E-state index >= 15 is 0 Å². The molecule has 0 radical (unpaired) electrons. The molecule has 1 N–H and O–H groups in total. The molecule has 0 amide bonds. The van der Waals surface area contributed by atoms with Gasteiger partial charge in [-0.1, -0.05) is 59.9 Å². The summed E-state index contributed by atoms with van der Waals surface area (Å²) in [4.78, 5) is 1.36. The number of nitrogens with one attached hydrogen (secondary N) is 1. The number of rotatable bonds is 2. The fourth-order valence-electron chi connectivity index (χ4n) is 4.77. The maximum atomic E-state index is 6.94. The number of fused-ring (bicyclic) bond motifs is 1. The topological polar surface area (TPSA) is 22.9 Å². The fourth-order valence-corrected chi connectivity index (χ4v) is 4.77. The Hall–Kier alpha value is -3.32. The molecule has 160 valence electrons. The number of hydrogen-bond donors (Lipinski definition) is 1. The van der Waals surface area contributed by atoms with Gasteiger partial charge in [0.15, 0.2) is 0 Å². The fraction of sp³-hybridized carbons (Fsp3) is 0.241. The average Bonchev–Trinajstić information content (AvgIpc) is 2.85. The van der Waals surface area contributed by atoms with Crippen molar-refractivity contribution in [2.24, 2.45) is 0 Å². The lowest BCUT2D eigenvalue weighted by Gasteiger charge is -2.45. The zero-order chi connectivity index (χ0) is 22.0. The third-order valence-corrected chi connectivity index (χ3v) is 6.48. The molecule has 3 nitrogen and oxygen atoms in total. The summed E-state index contributed by atoms with van der Waals surface area (Å²) in [6.45, 7) is 7.50. The molecule has 0 spiro atoms. The number of morpholine rings is 1. The van der Waals surface area contributed by atoms with Crippen LogP contribution in [0.1, 0.15) is 29.2 Å². The minimum Gasteiger partial charge on any atom is -0.432 e. The number of aryl methyl sites for hydroxylation is 1. The van der Waals surface area contributed by atoms with Gasteiger partial charge in [0.1, 0.15) is 18.8 Å². The van der Waals surface area contributed by atoms with Crippen LogP contribution < -0.4 is 9.64 Å². The summed E-state index contributed by atoms with van der Waals surface area (Å²) in [5, 5.41) is 0. The minimum absolute atomic E-state index is 0.628. The van der Waals surface area contributed by atoms with Crippen molar-refractivity contribution < 1.29 is 14.4 Å². The molecule has 1 atom stereocenters. The maximum Gasteiger partial charge on any atom is 0.292 e. The van der Waals surface area contributed by atoms with Crippen LogP contribution in [0.4, 0.5) is 0 Å². The Bertz CT molecular complexity index is 1200. The van der Waals surface area contributed by atoms with Gasteiger partial charge in [0.05, 0.1) is 24.4 Å². The van der Waals surface area contributed by atoms with E-state index in [9.17, 15) is 0 Å². The summed E-state index contributed by atoms with van der Waals surface area (Å²) in [5.41, 5.74) is 6.04. The smallest absolute Gasteiger partial charge is 0.292 e. The summed E-state index contributed by atoms with van der Waals surface area (Å²) in [6.07, 6.45) is 0. The second-order valence-electron chi connectivity index (χ2n) is 8.48. The van der Waals surface area contributed by atoms with Crippen LogP contribution in [0.25, 0.3) is 5.57 Å². The molecule has 32 heavy (non-hydrogen) atoms. The molecule has 5 rings (SSSR count). The highest BCUT2D eigenvalue weighted by molar-refractivity contribution is 5.87. The van der Waals surface area contributed by atoms with Crippen molar-refractivity contribution in [1.82, 2.24) is 0 Å². The van der Waals surface area contributed by atoms with E-state index in [1.807, 2.05) is 6.07 Å². The van der Waals surface area contributed by atoms with Crippen molar-refractivity contribution >= 4 is 5.57 Å². The van der Waals surface area contributed by atoms with E-state index in [1.54, 1.807) is 0 Å². The van der Waals surface area contributed by atoms with Crippen LogP contribution in [0.2, 0.25) is 0 Å². The van der Waals surface area contributed by atoms with Gasteiger partial charge in [0, 0.05) is 16.7 Å². The van der Waals surface area contributed by atoms with Gasteiger partial charge in [-0.3, -0.25) is 4.90 Å². The maximum absolute atomic E-state index is 6.94. The third-order valence-electron chi connectivity index (χ3n) is 6.48. The minimum atomic E-state index is -0.628. The molecule has 0 bridgehead atoms. The molecule has 1 fully saturated rings. The van der Waals surface area contributed by atoms with Crippen molar-refractivity contribution in [3.05, 3.63) is 107 Å². The number of allylic oxidation sites excluding steroid dienone is 1. The van der Waals surface area contributed by atoms with Crippen LogP contribution in [0, 0.1) is 18.8 Å². The Morgan fingerprint density at radius 1 is 0.781 bits per heavy atom. The summed E-state index contributed by atoms with van der Waals surface area (Å²) in [7, 11) is 0. The molecule has 0 aromatic heterocycles. The van der Waals surface area contributed by atoms with Gasteiger partial charge < -0.3 is 9.47 Å². The van der Waals surface area contributed by atoms with E-state index in [2.05, 4.69) is 98.5 Å². The Labute approximate surface area is 190 Å². The molecular weight excluding hydrogens is 394 g/mol. The summed E-state index contributed by atoms with van der Waals surface area (Å²) in [6, 6.07) is 27.2. The molecule has 3 aromatic carbocycles. The van der Waals surface area contributed by atoms with Crippen molar-refractivity contribution in [3.8, 4) is 17.6 Å². The highest BCUT2D eigenvalue weighted by Crippen LogP contribution is 2.42. The normalized spacial score (nSPS) is 20.7. The largest absolute Gasteiger partial charge is 0.432 e. The number of para-hydroxylation sites is 1. The van der Waals surface area contributed by atoms with Crippen LogP contribution in [-0.4, -0.2) is 26.3 Å². The van der Waals surface area contributed by atoms with Crippen LogP contribution in [0.5, 0.6) is 5.75 Å². The molecule has 3 heteroatoms. The first kappa shape index (κ1) is 20.6. The second kappa shape index (κ2) is 8.67. The predicted molar refractivity (Wildman–Crippen MR) is 127 cm³/mol. The van der Waals surface area contributed by atoms with Gasteiger partial charge in [-0.05, 0) is 50.2 Å².